The molecule has 3 N–H and O–H groups in total. The standard InChI is InChI=1S/C12H13N3O2S/c13-8-9-7-10(14)5-6-12(9)18(16,17)15-11-3-1-2-4-11/h1-2,5-7,11,15H,3-4,14H2. The monoisotopic (exact) mass is 263 g/mol. The maximum Gasteiger partial charge on any atom is 0.242 e. The second kappa shape index (κ2) is 4.80. The number of benzene rings is 1. The number of hydrogen-bond donors (Lipinski definition) is 2. The zero-order valence-electron chi connectivity index (χ0n) is 9.63. The van der Waals surface area contributed by atoms with Crippen molar-refractivity contribution in [1.82, 2.24) is 4.72 Å². The van der Waals surface area contributed by atoms with Gasteiger partial charge in [0, 0.05) is 11.7 Å². The molecule has 1 aromatic rings. The number of sulfonamides is 1. The van der Waals surface area contributed by atoms with E-state index in [1.807, 2.05) is 18.2 Å². The van der Waals surface area contributed by atoms with E-state index in [9.17, 15) is 8.42 Å². The third-order valence-electron chi connectivity index (χ3n) is 2.74. The molecule has 0 aromatic heterocycles. The van der Waals surface area contributed by atoms with Crippen LogP contribution in [-0.2, 0) is 10.0 Å². The van der Waals surface area contributed by atoms with E-state index in [0.717, 1.165) is 0 Å². The first-order valence-electron chi connectivity index (χ1n) is 5.50. The second-order valence-corrected chi connectivity index (χ2v) is 5.81. The fourth-order valence-corrected chi connectivity index (χ4v) is 3.27. The van der Waals surface area contributed by atoms with E-state index >= 15 is 0 Å². The Kier molecular flexibility index (Phi) is 3.36. The van der Waals surface area contributed by atoms with Crippen LogP contribution in [0.3, 0.4) is 0 Å². The van der Waals surface area contributed by atoms with Gasteiger partial charge in [-0.15, -0.1) is 0 Å². The van der Waals surface area contributed by atoms with Gasteiger partial charge >= 0.3 is 0 Å². The molecule has 0 fully saturated rings. The Hall–Kier alpha value is -1.84. The maximum absolute atomic E-state index is 12.1. The van der Waals surface area contributed by atoms with Crippen molar-refractivity contribution in [2.24, 2.45) is 0 Å². The van der Waals surface area contributed by atoms with Gasteiger partial charge in [0.2, 0.25) is 10.0 Å². The normalized spacial score (nSPS) is 15.7. The fourth-order valence-electron chi connectivity index (χ4n) is 1.87. The van der Waals surface area contributed by atoms with Gasteiger partial charge in [-0.25, -0.2) is 13.1 Å². The van der Waals surface area contributed by atoms with Gasteiger partial charge < -0.3 is 5.73 Å². The molecule has 1 aliphatic carbocycles. The van der Waals surface area contributed by atoms with Crippen LogP contribution in [0.25, 0.3) is 0 Å². The molecule has 0 spiro atoms. The molecule has 0 bridgehead atoms. The van der Waals surface area contributed by atoms with Crippen molar-refractivity contribution in [3.05, 3.63) is 35.9 Å². The highest BCUT2D eigenvalue weighted by Crippen LogP contribution is 2.20. The lowest BCUT2D eigenvalue weighted by Gasteiger charge is -2.13. The lowest BCUT2D eigenvalue weighted by atomic mass is 10.2. The van der Waals surface area contributed by atoms with Gasteiger partial charge in [0.15, 0.2) is 0 Å². The van der Waals surface area contributed by atoms with Crippen molar-refractivity contribution in [2.75, 3.05) is 5.73 Å². The first-order valence-corrected chi connectivity index (χ1v) is 6.98. The number of rotatable bonds is 3. The molecular formula is C12H13N3O2S. The van der Waals surface area contributed by atoms with E-state index in [4.69, 9.17) is 11.0 Å². The SMILES string of the molecule is N#Cc1cc(N)ccc1S(=O)(=O)NC1CC=CC1. The number of nitriles is 1. The molecule has 2 rings (SSSR count). The molecule has 0 atom stereocenters. The minimum atomic E-state index is -3.67. The van der Waals surface area contributed by atoms with Gasteiger partial charge in [0.1, 0.15) is 6.07 Å². The van der Waals surface area contributed by atoms with Crippen molar-refractivity contribution >= 4 is 15.7 Å². The van der Waals surface area contributed by atoms with Crippen LogP contribution in [0.4, 0.5) is 5.69 Å². The Morgan fingerprint density at radius 3 is 2.61 bits per heavy atom. The van der Waals surface area contributed by atoms with E-state index < -0.39 is 10.0 Å². The van der Waals surface area contributed by atoms with Gasteiger partial charge in [-0.3, -0.25) is 0 Å². The molecule has 6 heteroatoms. The summed E-state index contributed by atoms with van der Waals surface area (Å²) >= 11 is 0. The smallest absolute Gasteiger partial charge is 0.242 e. The number of nitrogens with one attached hydrogen (secondary N) is 1. The third-order valence-corrected chi connectivity index (χ3v) is 4.32. The van der Waals surface area contributed by atoms with Crippen LogP contribution in [0.1, 0.15) is 18.4 Å². The molecule has 0 heterocycles. The number of nitrogens with zero attached hydrogens (tertiary/aromatic N) is 1. The van der Waals surface area contributed by atoms with E-state index in [2.05, 4.69) is 4.72 Å². The second-order valence-electron chi connectivity index (χ2n) is 4.13. The molecule has 0 radical (unpaired) electrons. The quantitative estimate of drug-likeness (QED) is 0.631. The summed E-state index contributed by atoms with van der Waals surface area (Å²) in [6.45, 7) is 0. The van der Waals surface area contributed by atoms with Crippen molar-refractivity contribution in [3.63, 3.8) is 0 Å². The van der Waals surface area contributed by atoms with Crippen LogP contribution in [0.2, 0.25) is 0 Å². The summed E-state index contributed by atoms with van der Waals surface area (Å²) in [5.41, 5.74) is 5.97. The van der Waals surface area contributed by atoms with E-state index in [-0.39, 0.29) is 16.5 Å². The molecule has 0 aliphatic heterocycles. The van der Waals surface area contributed by atoms with Crippen LogP contribution < -0.4 is 10.5 Å². The molecular weight excluding hydrogens is 250 g/mol. The predicted molar refractivity (Wildman–Crippen MR) is 68.1 cm³/mol. The van der Waals surface area contributed by atoms with Crippen molar-refractivity contribution in [3.8, 4) is 6.07 Å². The van der Waals surface area contributed by atoms with Crippen molar-refractivity contribution in [2.45, 2.75) is 23.8 Å². The first-order chi connectivity index (χ1) is 8.53. The fraction of sp³-hybridized carbons (Fsp3) is 0.250. The molecule has 1 aromatic carbocycles. The summed E-state index contributed by atoms with van der Waals surface area (Å²) in [6.07, 6.45) is 5.22. The van der Waals surface area contributed by atoms with Crippen LogP contribution in [0.5, 0.6) is 0 Å². The van der Waals surface area contributed by atoms with Gasteiger partial charge in [-0.05, 0) is 31.0 Å². The summed E-state index contributed by atoms with van der Waals surface area (Å²) in [7, 11) is -3.67. The van der Waals surface area contributed by atoms with Crippen molar-refractivity contribution < 1.29 is 8.42 Å². The topological polar surface area (TPSA) is 96.0 Å². The number of nitrogens with two attached hydrogens (primary N) is 1. The Morgan fingerprint density at radius 2 is 2.00 bits per heavy atom. The van der Waals surface area contributed by atoms with Gasteiger partial charge in [0.25, 0.3) is 0 Å². The number of nitrogen functional groups attached to an aromatic ring is 1. The Morgan fingerprint density at radius 1 is 1.33 bits per heavy atom. The van der Waals surface area contributed by atoms with Gasteiger partial charge in [-0.2, -0.15) is 5.26 Å². The average Bonchev–Trinajstić information content (AvgIpc) is 2.80. The number of anilines is 1. The highest BCUT2D eigenvalue weighted by Gasteiger charge is 2.23. The molecule has 1 aliphatic rings. The summed E-state index contributed by atoms with van der Waals surface area (Å²) in [6, 6.07) is 5.92. The van der Waals surface area contributed by atoms with Crippen LogP contribution in [0, 0.1) is 11.3 Å². The minimum Gasteiger partial charge on any atom is -0.399 e. The number of hydrogen-bond acceptors (Lipinski definition) is 4. The minimum absolute atomic E-state index is 0.0221. The van der Waals surface area contributed by atoms with E-state index in [1.54, 1.807) is 0 Å². The van der Waals surface area contributed by atoms with Gasteiger partial charge in [0.05, 0.1) is 10.5 Å². The van der Waals surface area contributed by atoms with Crippen molar-refractivity contribution in [1.29, 1.82) is 5.26 Å². The molecule has 0 amide bonds. The van der Waals surface area contributed by atoms with Gasteiger partial charge in [-0.1, -0.05) is 12.2 Å². The van der Waals surface area contributed by atoms with Crippen LogP contribution in [-0.4, -0.2) is 14.5 Å². The largest absolute Gasteiger partial charge is 0.399 e. The Balaban J connectivity index is 2.32. The summed E-state index contributed by atoms with van der Waals surface area (Å²) in [5, 5.41) is 8.96. The van der Waals surface area contributed by atoms with Crippen LogP contribution >= 0.6 is 0 Å². The molecule has 0 unspecified atom stereocenters. The molecule has 94 valence electrons. The third kappa shape index (κ3) is 2.53. The first kappa shape index (κ1) is 12.6. The highest BCUT2D eigenvalue weighted by atomic mass is 32.2. The molecule has 0 saturated heterocycles. The lowest BCUT2D eigenvalue weighted by Crippen LogP contribution is -2.33. The summed E-state index contributed by atoms with van der Waals surface area (Å²) in [5.74, 6) is 0. The van der Waals surface area contributed by atoms with Crippen LogP contribution in [0.15, 0.2) is 35.2 Å². The average molecular weight is 263 g/mol. The Labute approximate surface area is 106 Å². The predicted octanol–water partition coefficient (Wildman–Crippen LogP) is 1.14. The lowest BCUT2D eigenvalue weighted by molar-refractivity contribution is 0.557. The zero-order valence-corrected chi connectivity index (χ0v) is 10.4. The summed E-state index contributed by atoms with van der Waals surface area (Å²) in [4.78, 5) is -0.0221. The van der Waals surface area contributed by atoms with E-state index in [0.29, 0.717) is 18.5 Å². The summed E-state index contributed by atoms with van der Waals surface area (Å²) < 4.78 is 26.9. The van der Waals surface area contributed by atoms with E-state index in [1.165, 1.54) is 18.2 Å². The zero-order chi connectivity index (χ0) is 13.2. The highest BCUT2D eigenvalue weighted by molar-refractivity contribution is 7.89. The Bertz CT molecular complexity index is 621. The maximum atomic E-state index is 12.1. The molecule has 0 saturated carbocycles. The molecule has 5 nitrogen and oxygen atoms in total. The molecule has 18 heavy (non-hydrogen) atoms.